The van der Waals surface area contributed by atoms with Gasteiger partial charge in [-0.25, -0.2) is 9.97 Å². The van der Waals surface area contributed by atoms with E-state index in [2.05, 4.69) is 27.0 Å². The number of halogens is 1. The van der Waals surface area contributed by atoms with E-state index in [-0.39, 0.29) is 5.28 Å². The summed E-state index contributed by atoms with van der Waals surface area (Å²) in [7, 11) is 4.03. The predicted molar refractivity (Wildman–Crippen MR) is 71.5 cm³/mol. The van der Waals surface area contributed by atoms with Crippen molar-refractivity contribution in [2.45, 2.75) is 6.92 Å². The first-order valence-corrected chi connectivity index (χ1v) is 5.72. The maximum Gasteiger partial charge on any atom is 0.222 e. The molecule has 2 rings (SSSR count). The minimum Gasteiger partial charge on any atom is -0.378 e. The molecule has 0 radical (unpaired) electrons. The highest BCUT2D eigenvalue weighted by molar-refractivity contribution is 6.28. The lowest BCUT2D eigenvalue weighted by molar-refractivity contribution is 1.12. The van der Waals surface area contributed by atoms with Gasteiger partial charge < -0.3 is 4.90 Å². The molecule has 3 nitrogen and oxygen atoms in total. The van der Waals surface area contributed by atoms with Crippen molar-refractivity contribution in [1.82, 2.24) is 9.97 Å². The first kappa shape index (κ1) is 11.9. The van der Waals surface area contributed by atoms with E-state index in [4.69, 9.17) is 11.6 Å². The second kappa shape index (κ2) is 4.72. The summed E-state index contributed by atoms with van der Waals surface area (Å²) in [5, 5.41) is 0.280. The number of nitrogens with zero attached hydrogens (tertiary/aromatic N) is 3. The Labute approximate surface area is 106 Å². The van der Waals surface area contributed by atoms with E-state index in [0.717, 1.165) is 22.5 Å². The molecule has 0 amide bonds. The minimum atomic E-state index is 0.280. The van der Waals surface area contributed by atoms with Crippen molar-refractivity contribution in [2.24, 2.45) is 0 Å². The van der Waals surface area contributed by atoms with Crippen molar-refractivity contribution in [3.05, 3.63) is 41.3 Å². The van der Waals surface area contributed by atoms with Crippen LogP contribution in [0.4, 0.5) is 5.69 Å². The van der Waals surface area contributed by atoms with Crippen molar-refractivity contribution < 1.29 is 0 Å². The molecule has 0 aliphatic heterocycles. The second-order valence-electron chi connectivity index (χ2n) is 4.11. The Morgan fingerprint density at radius 3 is 2.35 bits per heavy atom. The van der Waals surface area contributed by atoms with Crippen molar-refractivity contribution in [1.29, 1.82) is 0 Å². The van der Waals surface area contributed by atoms with E-state index in [1.165, 1.54) is 0 Å². The molecule has 0 unspecified atom stereocenters. The van der Waals surface area contributed by atoms with Crippen molar-refractivity contribution >= 4 is 17.3 Å². The van der Waals surface area contributed by atoms with Crippen LogP contribution < -0.4 is 4.90 Å². The maximum absolute atomic E-state index is 5.82. The normalized spacial score (nSPS) is 10.4. The highest BCUT2D eigenvalue weighted by atomic mass is 35.5. The molecule has 0 saturated carbocycles. The van der Waals surface area contributed by atoms with Gasteiger partial charge in [-0.05, 0) is 36.2 Å². The molecule has 0 aliphatic carbocycles. The van der Waals surface area contributed by atoms with Crippen LogP contribution in [0.5, 0.6) is 0 Å². The van der Waals surface area contributed by atoms with E-state index < -0.39 is 0 Å². The zero-order valence-corrected chi connectivity index (χ0v) is 10.9. The van der Waals surface area contributed by atoms with Crippen LogP contribution in [0.3, 0.4) is 0 Å². The molecule has 1 aromatic carbocycles. The van der Waals surface area contributed by atoms with Gasteiger partial charge >= 0.3 is 0 Å². The molecule has 88 valence electrons. The molecule has 17 heavy (non-hydrogen) atoms. The highest BCUT2D eigenvalue weighted by Gasteiger charge is 2.05. The molecule has 0 N–H and O–H groups in total. The summed E-state index contributed by atoms with van der Waals surface area (Å²) in [5.74, 6) is 0. The Bertz CT molecular complexity index is 521. The van der Waals surface area contributed by atoms with Crippen molar-refractivity contribution in [3.63, 3.8) is 0 Å². The van der Waals surface area contributed by atoms with E-state index in [1.54, 1.807) is 6.20 Å². The van der Waals surface area contributed by atoms with Gasteiger partial charge in [-0.1, -0.05) is 12.1 Å². The fraction of sp³-hybridized carbons (Fsp3) is 0.231. The number of anilines is 1. The molecule has 4 heteroatoms. The summed E-state index contributed by atoms with van der Waals surface area (Å²) < 4.78 is 0. The summed E-state index contributed by atoms with van der Waals surface area (Å²) >= 11 is 5.82. The van der Waals surface area contributed by atoms with Crippen LogP contribution in [0.2, 0.25) is 5.28 Å². The lowest BCUT2D eigenvalue weighted by atomic mass is 10.1. The third-order valence-electron chi connectivity index (χ3n) is 2.60. The fourth-order valence-electron chi connectivity index (χ4n) is 1.63. The standard InChI is InChI=1S/C13H14ClN3/c1-9-8-15-13(14)16-12(9)10-4-6-11(7-5-10)17(2)3/h4-8H,1-3H3. The largest absolute Gasteiger partial charge is 0.378 e. The molecule has 1 heterocycles. The number of rotatable bonds is 2. The van der Waals surface area contributed by atoms with Gasteiger partial charge in [0, 0.05) is 31.5 Å². The average Bonchev–Trinajstić information content (AvgIpc) is 2.32. The van der Waals surface area contributed by atoms with Gasteiger partial charge in [0.1, 0.15) is 0 Å². The molecular formula is C13H14ClN3. The summed E-state index contributed by atoms with van der Waals surface area (Å²) in [4.78, 5) is 10.3. The van der Waals surface area contributed by atoms with Crippen LogP contribution in [-0.2, 0) is 0 Å². The average molecular weight is 248 g/mol. The number of hydrogen-bond acceptors (Lipinski definition) is 3. The van der Waals surface area contributed by atoms with E-state index >= 15 is 0 Å². The second-order valence-corrected chi connectivity index (χ2v) is 4.45. The van der Waals surface area contributed by atoms with Gasteiger partial charge in [0.25, 0.3) is 0 Å². The lowest BCUT2D eigenvalue weighted by Gasteiger charge is -2.13. The van der Waals surface area contributed by atoms with Gasteiger partial charge in [-0.15, -0.1) is 0 Å². The van der Waals surface area contributed by atoms with Crippen LogP contribution in [0.25, 0.3) is 11.3 Å². The Balaban J connectivity index is 2.43. The molecule has 0 fully saturated rings. The van der Waals surface area contributed by atoms with Crippen molar-refractivity contribution in [2.75, 3.05) is 19.0 Å². The molecule has 0 atom stereocenters. The van der Waals surface area contributed by atoms with E-state index in [1.807, 2.05) is 33.2 Å². The first-order valence-electron chi connectivity index (χ1n) is 5.35. The third kappa shape index (κ3) is 2.56. The number of hydrogen-bond donors (Lipinski definition) is 0. The lowest BCUT2D eigenvalue weighted by Crippen LogP contribution is -2.08. The molecular weight excluding hydrogens is 234 g/mol. The van der Waals surface area contributed by atoms with Crippen LogP contribution in [0.15, 0.2) is 30.5 Å². The summed E-state index contributed by atoms with van der Waals surface area (Å²) in [6.45, 7) is 1.98. The topological polar surface area (TPSA) is 29.0 Å². The number of benzene rings is 1. The molecule has 2 aromatic rings. The quantitative estimate of drug-likeness (QED) is 0.764. The van der Waals surface area contributed by atoms with Gasteiger partial charge in [-0.3, -0.25) is 0 Å². The predicted octanol–water partition coefficient (Wildman–Crippen LogP) is 3.17. The maximum atomic E-state index is 5.82. The summed E-state index contributed by atoms with van der Waals surface area (Å²) in [6.07, 6.45) is 1.74. The van der Waals surface area contributed by atoms with Crippen LogP contribution in [-0.4, -0.2) is 24.1 Å². The zero-order chi connectivity index (χ0) is 12.4. The van der Waals surface area contributed by atoms with Gasteiger partial charge in [0.15, 0.2) is 0 Å². The Morgan fingerprint density at radius 1 is 1.12 bits per heavy atom. The van der Waals surface area contributed by atoms with E-state index in [9.17, 15) is 0 Å². The number of aryl methyl sites for hydroxylation is 1. The van der Waals surface area contributed by atoms with Crippen molar-refractivity contribution in [3.8, 4) is 11.3 Å². The molecule has 0 bridgehead atoms. The highest BCUT2D eigenvalue weighted by Crippen LogP contribution is 2.24. The molecule has 0 aliphatic rings. The van der Waals surface area contributed by atoms with Crippen LogP contribution >= 0.6 is 11.6 Å². The van der Waals surface area contributed by atoms with Gasteiger partial charge in [0.05, 0.1) is 5.69 Å². The minimum absolute atomic E-state index is 0.280. The Kier molecular flexibility index (Phi) is 3.29. The molecule has 0 saturated heterocycles. The fourth-order valence-corrected chi connectivity index (χ4v) is 1.76. The monoisotopic (exact) mass is 247 g/mol. The summed E-state index contributed by atoms with van der Waals surface area (Å²) in [5.41, 5.74) is 4.12. The Morgan fingerprint density at radius 2 is 1.76 bits per heavy atom. The van der Waals surface area contributed by atoms with Gasteiger partial charge in [0.2, 0.25) is 5.28 Å². The zero-order valence-electron chi connectivity index (χ0n) is 10.1. The van der Waals surface area contributed by atoms with E-state index in [0.29, 0.717) is 0 Å². The molecule has 0 spiro atoms. The smallest absolute Gasteiger partial charge is 0.222 e. The van der Waals surface area contributed by atoms with Gasteiger partial charge in [-0.2, -0.15) is 0 Å². The third-order valence-corrected chi connectivity index (χ3v) is 2.78. The SMILES string of the molecule is Cc1cnc(Cl)nc1-c1ccc(N(C)C)cc1. The molecule has 1 aromatic heterocycles. The Hall–Kier alpha value is -1.61. The summed E-state index contributed by atoms with van der Waals surface area (Å²) in [6, 6.07) is 8.21. The first-order chi connectivity index (χ1) is 8.08. The van der Waals surface area contributed by atoms with Crippen LogP contribution in [0, 0.1) is 6.92 Å². The number of aromatic nitrogens is 2. The van der Waals surface area contributed by atoms with Crippen LogP contribution in [0.1, 0.15) is 5.56 Å².